The van der Waals surface area contributed by atoms with Gasteiger partial charge >= 0.3 is 0 Å². The fourth-order valence-corrected chi connectivity index (χ4v) is 2.37. The summed E-state index contributed by atoms with van der Waals surface area (Å²) in [5.41, 5.74) is 9.58. The Kier molecular flexibility index (Phi) is 2.57. The van der Waals surface area contributed by atoms with Crippen LogP contribution in [-0.4, -0.2) is 6.54 Å². The predicted octanol–water partition coefficient (Wildman–Crippen LogP) is 2.67. The zero-order chi connectivity index (χ0) is 11.7. The summed E-state index contributed by atoms with van der Waals surface area (Å²) in [5.74, 6) is 0.958. The summed E-state index contributed by atoms with van der Waals surface area (Å²) in [7, 11) is 0. The van der Waals surface area contributed by atoms with Gasteiger partial charge in [-0.2, -0.15) is 0 Å². The first-order valence-corrected chi connectivity index (χ1v) is 5.91. The molecule has 2 aromatic carbocycles. The number of fused-ring (bicyclic) bond motifs is 2. The lowest BCUT2D eigenvalue weighted by Crippen LogP contribution is -2.18. The highest BCUT2D eigenvalue weighted by molar-refractivity contribution is 5.43. The summed E-state index contributed by atoms with van der Waals surface area (Å²) in [6, 6.07) is 16.6. The maximum absolute atomic E-state index is 6.01. The Hall–Kier alpha value is -1.80. The molecule has 2 heteroatoms. The van der Waals surface area contributed by atoms with Crippen molar-refractivity contribution in [2.24, 2.45) is 5.73 Å². The molecule has 1 unspecified atom stereocenters. The molecule has 2 N–H and O–H groups in total. The fraction of sp³-hybridized carbons (Fsp3) is 0.200. The molecule has 1 aliphatic heterocycles. The van der Waals surface area contributed by atoms with Gasteiger partial charge in [0, 0.05) is 13.0 Å². The van der Waals surface area contributed by atoms with Gasteiger partial charge < -0.3 is 10.5 Å². The second kappa shape index (κ2) is 4.22. The van der Waals surface area contributed by atoms with Gasteiger partial charge in [0.2, 0.25) is 0 Å². The molecular formula is C15H15NO. The predicted molar refractivity (Wildman–Crippen MR) is 68.1 cm³/mol. The van der Waals surface area contributed by atoms with E-state index in [1.165, 1.54) is 16.7 Å². The molecule has 0 aliphatic carbocycles. The molecule has 0 fully saturated rings. The first-order chi connectivity index (χ1) is 8.38. The van der Waals surface area contributed by atoms with Crippen LogP contribution in [0.2, 0.25) is 0 Å². The zero-order valence-electron chi connectivity index (χ0n) is 9.60. The van der Waals surface area contributed by atoms with Crippen molar-refractivity contribution < 1.29 is 4.74 Å². The van der Waals surface area contributed by atoms with E-state index in [4.69, 9.17) is 10.5 Å². The van der Waals surface area contributed by atoms with Gasteiger partial charge in [-0.1, -0.05) is 42.5 Å². The average Bonchev–Trinajstić information content (AvgIpc) is 2.54. The van der Waals surface area contributed by atoms with Crippen LogP contribution >= 0.6 is 0 Å². The number of hydrogen-bond acceptors (Lipinski definition) is 2. The number of para-hydroxylation sites is 1. The summed E-state index contributed by atoms with van der Waals surface area (Å²) in [6.07, 6.45) is 0.887. The van der Waals surface area contributed by atoms with E-state index in [2.05, 4.69) is 24.3 Å². The van der Waals surface area contributed by atoms with Gasteiger partial charge in [0.15, 0.2) is 0 Å². The van der Waals surface area contributed by atoms with E-state index in [0.29, 0.717) is 6.54 Å². The minimum Gasteiger partial charge on any atom is -0.484 e. The summed E-state index contributed by atoms with van der Waals surface area (Å²) in [4.78, 5) is 0. The Labute approximate surface area is 101 Å². The Morgan fingerprint density at radius 1 is 1.00 bits per heavy atom. The molecule has 1 aliphatic rings. The van der Waals surface area contributed by atoms with Gasteiger partial charge in [-0.15, -0.1) is 0 Å². The third-order valence-electron chi connectivity index (χ3n) is 3.24. The number of hydrogen-bond donors (Lipinski definition) is 1. The Morgan fingerprint density at radius 3 is 2.53 bits per heavy atom. The molecule has 1 atom stereocenters. The van der Waals surface area contributed by atoms with Crippen LogP contribution in [0.4, 0.5) is 0 Å². The van der Waals surface area contributed by atoms with E-state index in [9.17, 15) is 0 Å². The number of ether oxygens (including phenoxy) is 1. The molecule has 3 rings (SSSR count). The summed E-state index contributed by atoms with van der Waals surface area (Å²) in [6.45, 7) is 0.505. The molecule has 1 heterocycles. The van der Waals surface area contributed by atoms with E-state index in [0.717, 1.165) is 12.2 Å². The standard InChI is InChI=1S/C15H15NO/c16-10-15-13-7-3-1-5-11(13)9-12-6-2-4-8-14(12)17-15/h1-8,15H,9-10,16H2. The minimum atomic E-state index is -0.0325. The number of rotatable bonds is 1. The lowest BCUT2D eigenvalue weighted by atomic mass is 9.98. The van der Waals surface area contributed by atoms with Crippen LogP contribution in [0.1, 0.15) is 22.8 Å². The SMILES string of the molecule is NCC1Oc2ccccc2Cc2ccccc21. The molecule has 0 bridgehead atoms. The minimum absolute atomic E-state index is 0.0325. The maximum atomic E-state index is 6.01. The van der Waals surface area contributed by atoms with Gasteiger partial charge in [0.05, 0.1) is 0 Å². The molecule has 17 heavy (non-hydrogen) atoms. The lowest BCUT2D eigenvalue weighted by molar-refractivity contribution is 0.215. The van der Waals surface area contributed by atoms with Gasteiger partial charge in [-0.05, 0) is 22.8 Å². The number of benzene rings is 2. The molecule has 0 spiro atoms. The van der Waals surface area contributed by atoms with Crippen molar-refractivity contribution in [2.75, 3.05) is 6.54 Å². The van der Waals surface area contributed by atoms with Crippen molar-refractivity contribution in [3.63, 3.8) is 0 Å². The smallest absolute Gasteiger partial charge is 0.136 e. The van der Waals surface area contributed by atoms with Crippen LogP contribution < -0.4 is 10.5 Å². The van der Waals surface area contributed by atoms with E-state index >= 15 is 0 Å². The van der Waals surface area contributed by atoms with E-state index in [1.807, 2.05) is 24.3 Å². The second-order valence-electron chi connectivity index (χ2n) is 4.33. The van der Waals surface area contributed by atoms with Crippen LogP contribution in [-0.2, 0) is 6.42 Å². The van der Waals surface area contributed by atoms with Crippen molar-refractivity contribution in [1.29, 1.82) is 0 Å². The molecule has 2 nitrogen and oxygen atoms in total. The van der Waals surface area contributed by atoms with Crippen molar-refractivity contribution in [3.05, 3.63) is 65.2 Å². The summed E-state index contributed by atoms with van der Waals surface area (Å²) >= 11 is 0. The summed E-state index contributed by atoms with van der Waals surface area (Å²) in [5, 5.41) is 0. The van der Waals surface area contributed by atoms with Crippen LogP contribution in [0.3, 0.4) is 0 Å². The van der Waals surface area contributed by atoms with Crippen molar-refractivity contribution in [3.8, 4) is 5.75 Å². The molecule has 0 aromatic heterocycles. The highest BCUT2D eigenvalue weighted by Crippen LogP contribution is 2.33. The lowest BCUT2D eigenvalue weighted by Gasteiger charge is -2.17. The quantitative estimate of drug-likeness (QED) is 0.809. The Balaban J connectivity index is 2.13. The van der Waals surface area contributed by atoms with Gasteiger partial charge in [0.1, 0.15) is 11.9 Å². The molecule has 0 radical (unpaired) electrons. The number of nitrogens with two attached hydrogens (primary N) is 1. The molecule has 2 aromatic rings. The normalized spacial score (nSPS) is 17.6. The van der Waals surface area contributed by atoms with Crippen molar-refractivity contribution in [1.82, 2.24) is 0 Å². The Bertz CT molecular complexity index is 536. The molecule has 0 saturated carbocycles. The monoisotopic (exact) mass is 225 g/mol. The maximum Gasteiger partial charge on any atom is 0.136 e. The van der Waals surface area contributed by atoms with Crippen LogP contribution in [0.15, 0.2) is 48.5 Å². The second-order valence-corrected chi connectivity index (χ2v) is 4.33. The van der Waals surface area contributed by atoms with E-state index in [-0.39, 0.29) is 6.10 Å². The van der Waals surface area contributed by atoms with Gasteiger partial charge in [-0.3, -0.25) is 0 Å². The molecule has 0 amide bonds. The van der Waals surface area contributed by atoms with Crippen LogP contribution in [0, 0.1) is 0 Å². The summed E-state index contributed by atoms with van der Waals surface area (Å²) < 4.78 is 6.01. The van der Waals surface area contributed by atoms with Crippen LogP contribution in [0.5, 0.6) is 5.75 Å². The topological polar surface area (TPSA) is 35.2 Å². The first kappa shape index (κ1) is 10.4. The van der Waals surface area contributed by atoms with Crippen molar-refractivity contribution >= 4 is 0 Å². The van der Waals surface area contributed by atoms with E-state index < -0.39 is 0 Å². The third-order valence-corrected chi connectivity index (χ3v) is 3.24. The molecular weight excluding hydrogens is 210 g/mol. The molecule has 86 valence electrons. The fourth-order valence-electron chi connectivity index (χ4n) is 2.37. The Morgan fingerprint density at radius 2 is 1.71 bits per heavy atom. The highest BCUT2D eigenvalue weighted by Gasteiger charge is 2.21. The largest absolute Gasteiger partial charge is 0.484 e. The third kappa shape index (κ3) is 1.81. The van der Waals surface area contributed by atoms with Crippen molar-refractivity contribution in [2.45, 2.75) is 12.5 Å². The highest BCUT2D eigenvalue weighted by atomic mass is 16.5. The molecule has 0 saturated heterocycles. The van der Waals surface area contributed by atoms with E-state index in [1.54, 1.807) is 0 Å². The van der Waals surface area contributed by atoms with Gasteiger partial charge in [-0.25, -0.2) is 0 Å². The average molecular weight is 225 g/mol. The first-order valence-electron chi connectivity index (χ1n) is 5.91. The van der Waals surface area contributed by atoms with Crippen LogP contribution in [0.25, 0.3) is 0 Å². The van der Waals surface area contributed by atoms with Gasteiger partial charge in [0.25, 0.3) is 0 Å². The zero-order valence-corrected chi connectivity index (χ0v) is 9.60.